The van der Waals surface area contributed by atoms with Gasteiger partial charge in [-0.05, 0) is 178 Å². The minimum Gasteiger partial charge on any atom is -0.344 e. The van der Waals surface area contributed by atoms with Gasteiger partial charge in [0.05, 0.1) is 0 Å². The number of allylic oxidation sites excluding steroid dienone is 15. The van der Waals surface area contributed by atoms with E-state index in [-0.39, 0.29) is 0 Å². The molecule has 4 aromatic carbocycles. The van der Waals surface area contributed by atoms with Crippen molar-refractivity contribution in [1.82, 2.24) is 0 Å². The Hall–Kier alpha value is -5.57. The lowest BCUT2D eigenvalue weighted by Gasteiger charge is -2.24. The molecule has 0 aromatic heterocycles. The minimum atomic E-state index is 0.914. The minimum absolute atomic E-state index is 0.914. The van der Waals surface area contributed by atoms with Crippen molar-refractivity contribution in [3.63, 3.8) is 0 Å². The summed E-state index contributed by atoms with van der Waals surface area (Å²) in [4.78, 5) is 5.05. The zero-order chi connectivity index (χ0) is 51.9. The van der Waals surface area contributed by atoms with Gasteiger partial charge in [0.2, 0.25) is 0 Å². The van der Waals surface area contributed by atoms with Crippen LogP contribution in [0.25, 0.3) is 40.5 Å². The molecule has 2 heteroatoms. The zero-order valence-corrected chi connectivity index (χ0v) is 47.3. The number of hydrogen-bond acceptors (Lipinski definition) is 2. The van der Waals surface area contributed by atoms with Crippen LogP contribution in [0.4, 0.5) is 11.4 Å². The van der Waals surface area contributed by atoms with E-state index in [2.05, 4.69) is 247 Å². The first-order chi connectivity index (χ1) is 33.4. The molecule has 0 unspecified atom stereocenters. The second kappa shape index (κ2) is 34.7. The van der Waals surface area contributed by atoms with Gasteiger partial charge in [-0.25, -0.2) is 0 Å². The first-order valence-electron chi connectivity index (χ1n) is 25.9. The first-order valence-corrected chi connectivity index (χ1v) is 26.7. The lowest BCUT2D eigenvalue weighted by atomic mass is 9.94. The predicted molar refractivity (Wildman–Crippen MR) is 322 cm³/mol. The maximum absolute atomic E-state index is 4.11. The van der Waals surface area contributed by atoms with Crippen molar-refractivity contribution in [3.05, 3.63) is 205 Å². The Kier molecular flexibility index (Phi) is 30.9. The van der Waals surface area contributed by atoms with Crippen molar-refractivity contribution in [1.29, 1.82) is 0 Å². The lowest BCUT2D eigenvalue weighted by Crippen LogP contribution is -2.25. The molecule has 1 aliphatic carbocycles. The molecule has 69 heavy (non-hydrogen) atoms. The number of rotatable bonds is 14. The van der Waals surface area contributed by atoms with Gasteiger partial charge in [0.1, 0.15) is 0 Å². The van der Waals surface area contributed by atoms with Crippen LogP contribution < -0.4 is 15.3 Å². The van der Waals surface area contributed by atoms with Gasteiger partial charge in [-0.1, -0.05) is 218 Å². The molecule has 4 aromatic rings. The molecule has 0 N–H and O–H groups in total. The van der Waals surface area contributed by atoms with Gasteiger partial charge in [-0.2, -0.15) is 0 Å². The Balaban J connectivity index is 0.000000906. The van der Waals surface area contributed by atoms with Gasteiger partial charge in [0, 0.05) is 28.9 Å². The normalized spacial score (nSPS) is 14.9. The summed E-state index contributed by atoms with van der Waals surface area (Å²) < 4.78 is 0. The van der Waals surface area contributed by atoms with Crippen LogP contribution in [0.3, 0.4) is 0 Å². The lowest BCUT2D eigenvalue weighted by molar-refractivity contribution is 1.09. The van der Waals surface area contributed by atoms with Crippen LogP contribution in [-0.2, 0) is 6.42 Å². The van der Waals surface area contributed by atoms with E-state index >= 15 is 0 Å². The van der Waals surface area contributed by atoms with Crippen LogP contribution in [0.2, 0.25) is 0 Å². The van der Waals surface area contributed by atoms with Crippen LogP contribution in [0.1, 0.15) is 164 Å². The number of thioether (sulfide) groups is 1. The Bertz CT molecular complexity index is 2590. The maximum atomic E-state index is 4.11. The Morgan fingerprint density at radius 3 is 1.87 bits per heavy atom. The van der Waals surface area contributed by atoms with E-state index < -0.39 is 0 Å². The van der Waals surface area contributed by atoms with Crippen LogP contribution in [-0.4, -0.2) is 7.05 Å². The highest BCUT2D eigenvalue weighted by molar-refractivity contribution is 8.06. The third kappa shape index (κ3) is 18.0. The van der Waals surface area contributed by atoms with E-state index in [1.54, 1.807) is 0 Å². The summed E-state index contributed by atoms with van der Waals surface area (Å²) in [6.07, 6.45) is 31.7. The highest BCUT2D eigenvalue weighted by Crippen LogP contribution is 2.47. The number of fused-ring (bicyclic) bond motifs is 1. The Morgan fingerprint density at radius 1 is 0.667 bits per heavy atom. The average Bonchev–Trinajstić information content (AvgIpc) is 3.68. The number of anilines is 2. The van der Waals surface area contributed by atoms with Gasteiger partial charge < -0.3 is 4.90 Å². The molecule has 0 aliphatic heterocycles. The molecule has 1 aliphatic rings. The van der Waals surface area contributed by atoms with Crippen LogP contribution in [0, 0.1) is 6.92 Å². The number of aryl methyl sites for hydroxylation is 1. The fraction of sp³-hybridized carbons (Fsp3) is 0.343. The second-order valence-corrected chi connectivity index (χ2v) is 17.6. The van der Waals surface area contributed by atoms with Crippen molar-refractivity contribution in [2.75, 3.05) is 11.9 Å². The van der Waals surface area contributed by atoms with E-state index in [1.807, 2.05) is 52.5 Å². The zero-order valence-electron chi connectivity index (χ0n) is 46.5. The van der Waals surface area contributed by atoms with E-state index in [0.29, 0.717) is 0 Å². The van der Waals surface area contributed by atoms with Crippen LogP contribution in [0.15, 0.2) is 167 Å². The predicted octanol–water partition coefficient (Wildman–Crippen LogP) is 20.3. The third-order valence-electron chi connectivity index (χ3n) is 11.7. The molecule has 0 atom stereocenters. The molecule has 0 saturated heterocycles. The molecule has 370 valence electrons. The molecule has 0 saturated carbocycles. The molecule has 0 bridgehead atoms. The summed E-state index contributed by atoms with van der Waals surface area (Å²) in [6.45, 7) is 40.1. The Labute approximate surface area is 428 Å². The van der Waals surface area contributed by atoms with Gasteiger partial charge in [0.15, 0.2) is 0 Å². The summed E-state index contributed by atoms with van der Waals surface area (Å²) in [5.41, 5.74) is 18.3. The molecular formula is C67H91NS. The summed E-state index contributed by atoms with van der Waals surface area (Å²) in [5, 5.41) is 2.44. The van der Waals surface area contributed by atoms with E-state index in [0.717, 1.165) is 43.5 Å². The van der Waals surface area contributed by atoms with Gasteiger partial charge in [-0.3, -0.25) is 0 Å². The van der Waals surface area contributed by atoms with Crippen LogP contribution in [0.5, 0.6) is 0 Å². The number of para-hydroxylation sites is 1. The SMILES string of the molecule is C/C=C\C(S/C(C)=C/C)=C(\C)CC.C/C=C\CC.C=Cc1c(C)cccc1-c1ccccc1N(C)c1ccc(=C/C)/c(=C\C=C(/C)Cc2cccc3c2C(=C\CC)/C(=C/CC)C/3=C\C)c1.CC.CC. The molecular weight excluding hydrogens is 851 g/mol. The molecule has 0 amide bonds. The molecule has 0 fully saturated rings. The second-order valence-electron chi connectivity index (χ2n) is 16.3. The van der Waals surface area contributed by atoms with Crippen molar-refractivity contribution >= 4 is 52.5 Å². The van der Waals surface area contributed by atoms with Crippen molar-refractivity contribution in [2.24, 2.45) is 0 Å². The number of nitrogens with zero attached hydrogens (tertiary/aromatic N) is 1. The smallest absolute Gasteiger partial charge is 0.0487 e. The van der Waals surface area contributed by atoms with E-state index in [1.165, 1.54) is 87.1 Å². The molecule has 0 heterocycles. The van der Waals surface area contributed by atoms with Gasteiger partial charge in [-0.15, -0.1) is 0 Å². The molecule has 5 rings (SSSR count). The first kappa shape index (κ1) is 61.4. The van der Waals surface area contributed by atoms with Gasteiger partial charge >= 0.3 is 0 Å². The van der Waals surface area contributed by atoms with Gasteiger partial charge in [0.25, 0.3) is 0 Å². The topological polar surface area (TPSA) is 3.24 Å². The Morgan fingerprint density at radius 2 is 1.30 bits per heavy atom. The average molecular weight is 943 g/mol. The number of hydrogen-bond donors (Lipinski definition) is 0. The summed E-state index contributed by atoms with van der Waals surface area (Å²) >= 11 is 1.86. The fourth-order valence-corrected chi connectivity index (χ4v) is 9.00. The van der Waals surface area contributed by atoms with Crippen molar-refractivity contribution in [3.8, 4) is 11.1 Å². The summed E-state index contributed by atoms with van der Waals surface area (Å²) in [6, 6.07) is 28.7. The van der Waals surface area contributed by atoms with Crippen molar-refractivity contribution in [2.45, 2.75) is 150 Å². The standard InChI is InChI=1S/C46H49N.C12H20S.C5H10.2C2H6/c1-9-18-40-39(13-5)44-24-17-21-36(46(44)43(40)19-10-2)30-32(6)26-27-35-31-37(29-28-34(35)11-3)47(8)45-25-15-14-22-42(45)41-23-16-20-33(7)38(41)12-4;1-6-9-12(10(4)7-2)13-11(5)8-3;1-3-5-4-2;2*1-2/h11-29,31H,4,9-10,30H2,1-3,5-8H3;6,8-9H,7H2,1-5H3;3,5H,4H2,1-2H3;2*1-2H3/b32-26+,34-11-,35-27-,39-13+,40-18+,43-19-;9-6-,11-8+,12-10+;5-3-;;. The summed E-state index contributed by atoms with van der Waals surface area (Å²) in [7, 11) is 2.16. The quantitative estimate of drug-likeness (QED) is 0.0915. The van der Waals surface area contributed by atoms with E-state index in [9.17, 15) is 0 Å². The number of benzene rings is 4. The molecule has 0 spiro atoms. The molecule has 0 radical (unpaired) electrons. The van der Waals surface area contributed by atoms with E-state index in [4.69, 9.17) is 0 Å². The van der Waals surface area contributed by atoms with Crippen molar-refractivity contribution < 1.29 is 0 Å². The third-order valence-corrected chi connectivity index (χ3v) is 12.9. The monoisotopic (exact) mass is 942 g/mol. The highest BCUT2D eigenvalue weighted by Gasteiger charge is 2.27. The maximum Gasteiger partial charge on any atom is 0.0487 e. The fourth-order valence-electron chi connectivity index (χ4n) is 8.01. The summed E-state index contributed by atoms with van der Waals surface area (Å²) in [5.74, 6) is 0. The van der Waals surface area contributed by atoms with Crippen LogP contribution >= 0.6 is 11.8 Å². The molecule has 1 nitrogen and oxygen atoms in total. The highest BCUT2D eigenvalue weighted by atomic mass is 32.2. The largest absolute Gasteiger partial charge is 0.344 e.